The van der Waals surface area contributed by atoms with Crippen LogP contribution in [0.25, 0.3) is 0 Å². The number of carbonyl (C=O) groups is 2. The van der Waals surface area contributed by atoms with E-state index in [1.165, 1.54) is 50.7 Å². The third kappa shape index (κ3) is 9.94. The van der Waals surface area contributed by atoms with E-state index < -0.39 is 0 Å². The number of hydrogen-bond acceptors (Lipinski definition) is 3. The number of nitrogens with zero attached hydrogens (tertiary/aromatic N) is 1. The van der Waals surface area contributed by atoms with E-state index in [1.807, 2.05) is 36.4 Å². The molecule has 2 aromatic carbocycles. The molecule has 0 unspecified atom stereocenters. The maximum atomic E-state index is 11.8. The summed E-state index contributed by atoms with van der Waals surface area (Å²) in [7, 11) is 3.02. The molecule has 0 saturated heterocycles. The Morgan fingerprint density at radius 1 is 0.861 bits per heavy atom. The van der Waals surface area contributed by atoms with Gasteiger partial charge < -0.3 is 0 Å². The second-order valence-electron chi connectivity index (χ2n) is 8.67. The average molecular weight is 615 g/mol. The zero-order chi connectivity index (χ0) is 26.3. The lowest BCUT2D eigenvalue weighted by atomic mass is 10.1. The summed E-state index contributed by atoms with van der Waals surface area (Å²) >= 11 is 6.65. The van der Waals surface area contributed by atoms with Crippen molar-refractivity contribution in [3.05, 3.63) is 68.6 Å². The highest BCUT2D eigenvalue weighted by atomic mass is 79.9. The zero-order valence-electron chi connectivity index (χ0n) is 20.9. The molecule has 2 aromatic rings. The van der Waals surface area contributed by atoms with Gasteiger partial charge in [-0.2, -0.15) is 0 Å². The van der Waals surface area contributed by atoms with Crippen molar-refractivity contribution in [3.8, 4) is 24.2 Å². The second kappa shape index (κ2) is 16.4. The Morgan fingerprint density at radius 3 is 1.78 bits per heavy atom. The van der Waals surface area contributed by atoms with Crippen LogP contribution in [0.1, 0.15) is 72.1 Å². The lowest BCUT2D eigenvalue weighted by Crippen LogP contribution is -2.25. The highest BCUT2D eigenvalue weighted by Gasteiger charge is 2.14. The summed E-state index contributed by atoms with van der Waals surface area (Å²) in [5.41, 5.74) is 1.25. The van der Waals surface area contributed by atoms with Gasteiger partial charge in [-0.05, 0) is 71.8 Å². The second-order valence-corrected chi connectivity index (χ2v) is 10.4. The van der Waals surface area contributed by atoms with Gasteiger partial charge in [-0.1, -0.05) is 71.8 Å². The summed E-state index contributed by atoms with van der Waals surface area (Å²) in [6, 6.07) is 14.6. The smallest absolute Gasteiger partial charge is 0.278 e. The number of carbonyl (C=O) groups excluding carboxylic acids is 2. The van der Waals surface area contributed by atoms with Crippen LogP contribution in [0.3, 0.4) is 0 Å². The fourth-order valence-electron chi connectivity index (χ4n) is 3.93. The summed E-state index contributed by atoms with van der Waals surface area (Å²) in [6.07, 6.45) is 15.2. The predicted octanol–water partition coefficient (Wildman–Crippen LogP) is 7.72. The van der Waals surface area contributed by atoms with Crippen LogP contribution in [-0.2, 0) is 4.84 Å². The molecular weight excluding hydrogens is 582 g/mol. The number of hydrogen-bond donors (Lipinski definition) is 0. The molecule has 4 rings (SSSR count). The van der Waals surface area contributed by atoms with Crippen LogP contribution >= 0.6 is 31.9 Å². The average Bonchev–Trinajstić information content (AvgIpc) is 3.62. The molecule has 0 heterocycles. The van der Waals surface area contributed by atoms with Gasteiger partial charge in [0.15, 0.2) is 0 Å². The van der Waals surface area contributed by atoms with Crippen LogP contribution in [0.2, 0.25) is 0 Å². The van der Waals surface area contributed by atoms with Gasteiger partial charge in [-0.25, -0.2) is 5.06 Å². The van der Waals surface area contributed by atoms with E-state index >= 15 is 0 Å². The number of amides is 1. The number of hydroxylamine groups is 2. The highest BCUT2D eigenvalue weighted by molar-refractivity contribution is 9.10. The molecular formula is C30H33Br2NO3. The summed E-state index contributed by atoms with van der Waals surface area (Å²) in [5, 5.41) is 1.18. The minimum Gasteiger partial charge on any atom is -0.279 e. The van der Waals surface area contributed by atoms with Crippen LogP contribution in [-0.4, -0.2) is 30.9 Å². The first kappa shape index (κ1) is 29.8. The number of rotatable bonds is 3. The standard InChI is InChI=1S/C14H13BrO.C9H10BrNO2.C7H10/c15-13-8-4-3-7-12(13)14(16)10-9-11-5-1-2-6-11;1-11(13-2)9(12)7-5-3-4-6-8(7)10;1-2-7-5-3-4-6-7/h3-4,7-8,11H,1-2,5-6H2;3-6H,1-2H3;1,7H,3-6H2. The minimum atomic E-state index is -0.171. The Kier molecular flexibility index (Phi) is 13.6. The molecule has 2 saturated carbocycles. The van der Waals surface area contributed by atoms with Crippen molar-refractivity contribution in [1.29, 1.82) is 0 Å². The Balaban J connectivity index is 0.000000204. The Bertz CT molecular complexity index is 1100. The lowest BCUT2D eigenvalue weighted by molar-refractivity contribution is -0.0757. The summed E-state index contributed by atoms with van der Waals surface area (Å²) < 4.78 is 1.59. The Hall–Kier alpha value is -2.38. The number of halogens is 2. The summed E-state index contributed by atoms with van der Waals surface area (Å²) in [6.45, 7) is 0. The number of benzene rings is 2. The van der Waals surface area contributed by atoms with Gasteiger partial charge in [-0.15, -0.1) is 12.3 Å². The highest BCUT2D eigenvalue weighted by Crippen LogP contribution is 2.24. The van der Waals surface area contributed by atoms with Crippen molar-refractivity contribution >= 4 is 43.6 Å². The first-order chi connectivity index (χ1) is 17.4. The molecule has 0 atom stereocenters. The predicted molar refractivity (Wildman–Crippen MR) is 152 cm³/mol. The molecule has 2 aliphatic rings. The van der Waals surface area contributed by atoms with E-state index in [0.29, 0.717) is 23.0 Å². The van der Waals surface area contributed by atoms with E-state index in [-0.39, 0.29) is 11.7 Å². The third-order valence-electron chi connectivity index (χ3n) is 6.12. The van der Waals surface area contributed by atoms with Crippen molar-refractivity contribution < 1.29 is 14.4 Å². The SMILES string of the molecule is C#CC1CCCC1.CON(C)C(=O)c1ccccc1Br.O=C(C#CC1CCCC1)c1ccccc1Br. The summed E-state index contributed by atoms with van der Waals surface area (Å²) in [5.74, 6) is 9.42. The molecule has 2 aliphatic carbocycles. The fraction of sp³-hybridized carbons (Fsp3) is 0.400. The van der Waals surface area contributed by atoms with Gasteiger partial charge in [0.05, 0.1) is 12.7 Å². The van der Waals surface area contributed by atoms with Crippen molar-refractivity contribution in [3.63, 3.8) is 0 Å². The fourth-order valence-corrected chi connectivity index (χ4v) is 4.85. The first-order valence-corrected chi connectivity index (χ1v) is 13.8. The molecule has 0 bridgehead atoms. The molecule has 4 nitrogen and oxygen atoms in total. The van der Waals surface area contributed by atoms with E-state index in [9.17, 15) is 9.59 Å². The van der Waals surface area contributed by atoms with Crippen molar-refractivity contribution in [2.45, 2.75) is 51.4 Å². The number of terminal acetylenes is 1. The third-order valence-corrected chi connectivity index (χ3v) is 7.50. The lowest BCUT2D eigenvalue weighted by Gasteiger charge is -2.14. The maximum Gasteiger partial charge on any atom is 0.278 e. The van der Waals surface area contributed by atoms with Gasteiger partial charge >= 0.3 is 0 Å². The van der Waals surface area contributed by atoms with Gasteiger partial charge in [0.25, 0.3) is 5.91 Å². The van der Waals surface area contributed by atoms with Crippen LogP contribution in [0.5, 0.6) is 0 Å². The monoisotopic (exact) mass is 613 g/mol. The summed E-state index contributed by atoms with van der Waals surface area (Å²) in [4.78, 5) is 28.2. The van der Waals surface area contributed by atoms with Gasteiger partial charge in [0.1, 0.15) is 0 Å². The Morgan fingerprint density at radius 2 is 1.33 bits per heavy atom. The minimum absolute atomic E-state index is 0.0839. The molecule has 1 amide bonds. The first-order valence-electron chi connectivity index (χ1n) is 12.2. The van der Waals surface area contributed by atoms with Crippen molar-refractivity contribution in [2.24, 2.45) is 11.8 Å². The van der Waals surface area contributed by atoms with Crippen molar-refractivity contribution in [1.82, 2.24) is 5.06 Å². The largest absolute Gasteiger partial charge is 0.279 e. The Labute approximate surface area is 232 Å². The number of ketones is 1. The van der Waals surface area contributed by atoms with Gasteiger partial charge in [-0.3, -0.25) is 14.4 Å². The maximum absolute atomic E-state index is 11.8. The molecule has 0 radical (unpaired) electrons. The van der Waals surface area contributed by atoms with Gasteiger partial charge in [0.2, 0.25) is 5.78 Å². The van der Waals surface area contributed by atoms with Crippen LogP contribution < -0.4 is 0 Å². The van der Waals surface area contributed by atoms with E-state index in [4.69, 9.17) is 11.3 Å². The van der Waals surface area contributed by atoms with E-state index in [1.54, 1.807) is 19.2 Å². The molecule has 2 fully saturated rings. The van der Waals surface area contributed by atoms with E-state index in [0.717, 1.165) is 21.8 Å². The molecule has 0 N–H and O–H groups in total. The zero-order valence-corrected chi connectivity index (χ0v) is 24.1. The van der Waals surface area contributed by atoms with Crippen molar-refractivity contribution in [2.75, 3.05) is 14.2 Å². The number of Topliss-reactive ketones (excluding diaryl/α,β-unsaturated/α-hetero) is 1. The normalized spacial score (nSPS) is 14.8. The molecule has 190 valence electrons. The molecule has 36 heavy (non-hydrogen) atoms. The molecule has 0 aliphatic heterocycles. The van der Waals surface area contributed by atoms with Crippen LogP contribution in [0.4, 0.5) is 0 Å². The molecule has 0 aromatic heterocycles. The molecule has 0 spiro atoms. The van der Waals surface area contributed by atoms with E-state index in [2.05, 4.69) is 49.6 Å². The topological polar surface area (TPSA) is 46.6 Å². The van der Waals surface area contributed by atoms with Crippen LogP contribution in [0.15, 0.2) is 57.5 Å². The van der Waals surface area contributed by atoms with Gasteiger partial charge in [0, 0.05) is 33.4 Å². The molecule has 6 heteroatoms. The van der Waals surface area contributed by atoms with Crippen LogP contribution in [0, 0.1) is 36.0 Å². The quantitative estimate of drug-likeness (QED) is 0.154.